The number of nitriles is 1. The van der Waals surface area contributed by atoms with Crippen LogP contribution in [0.1, 0.15) is 90.4 Å². The highest BCUT2D eigenvalue weighted by Crippen LogP contribution is 2.59. The molecule has 0 atom stereocenters. The van der Waals surface area contributed by atoms with Crippen molar-refractivity contribution in [3.8, 4) is 17.6 Å². The van der Waals surface area contributed by atoms with Crippen LogP contribution in [0.4, 0.5) is 0 Å². The minimum atomic E-state index is -0.947. The Morgan fingerprint density at radius 3 is 1.59 bits per heavy atom. The first-order valence-electron chi connectivity index (χ1n) is 20.6. The van der Waals surface area contributed by atoms with Gasteiger partial charge in [0.2, 0.25) is 0 Å². The van der Waals surface area contributed by atoms with E-state index in [4.69, 9.17) is 33.2 Å². The zero-order valence-electron chi connectivity index (χ0n) is 34.2. The molecule has 3 saturated carbocycles. The van der Waals surface area contributed by atoms with E-state index < -0.39 is 29.8 Å². The van der Waals surface area contributed by atoms with Gasteiger partial charge < -0.3 is 33.2 Å². The maximum absolute atomic E-state index is 13.6. The molecule has 15 nitrogen and oxygen atoms in total. The number of ether oxygens (including phenoxy) is 7. The summed E-state index contributed by atoms with van der Waals surface area (Å²) in [5.74, 6) is -4.16. The summed E-state index contributed by atoms with van der Waals surface area (Å²) < 4.78 is 38.2. The third-order valence-corrected chi connectivity index (χ3v) is 13.7. The van der Waals surface area contributed by atoms with Crippen molar-refractivity contribution >= 4 is 65.3 Å². The van der Waals surface area contributed by atoms with E-state index in [0.717, 1.165) is 48.5 Å². The number of esters is 7. The monoisotopic (exact) mass is 881 g/mol. The smallest absolute Gasteiger partial charge is 0.350 e. The van der Waals surface area contributed by atoms with Gasteiger partial charge >= 0.3 is 41.8 Å². The molecule has 0 bridgehead atoms. The Bertz CT molecular complexity index is 1910. The highest BCUT2D eigenvalue weighted by Gasteiger charge is 2.37. The van der Waals surface area contributed by atoms with Crippen molar-refractivity contribution in [3.63, 3.8) is 0 Å². The minimum Gasteiger partial charge on any atom is -0.465 e. The van der Waals surface area contributed by atoms with Crippen LogP contribution in [0.15, 0.2) is 57.0 Å². The summed E-state index contributed by atoms with van der Waals surface area (Å²) in [6.45, 7) is 8.50. The Morgan fingerprint density at radius 2 is 1.07 bits per heavy atom. The standard InChI is InChI=1S/C44H51NO14S2/c1-4-35(46)53-21-6-22-55-39(48)27-11-13-29(14-12-27)40(49)57-31-17-15-30(16-18-31)42(51)59-34-20-19-33(58-41(50)28-9-7-26(3)8-10-28)37-38(34)61-44(60-37)32(25-45)43(52)56-24-23-54-36(47)5-2/h4-5,19-20,26-31H,1-2,6-18,21-24H2,3H3/b44-32+. The first-order chi connectivity index (χ1) is 29.4. The molecule has 61 heavy (non-hydrogen) atoms. The van der Waals surface area contributed by atoms with Crippen LogP contribution in [0.5, 0.6) is 11.5 Å². The van der Waals surface area contributed by atoms with E-state index in [-0.39, 0.29) is 89.5 Å². The Labute approximate surface area is 363 Å². The van der Waals surface area contributed by atoms with Gasteiger partial charge in [0, 0.05) is 18.6 Å². The average Bonchev–Trinajstić information content (AvgIpc) is 3.72. The maximum Gasteiger partial charge on any atom is 0.350 e. The fourth-order valence-corrected chi connectivity index (χ4v) is 10.0. The van der Waals surface area contributed by atoms with Gasteiger partial charge in [0.05, 0.1) is 50.9 Å². The summed E-state index contributed by atoms with van der Waals surface area (Å²) in [7, 11) is 0. The third-order valence-electron chi connectivity index (χ3n) is 11.1. The van der Waals surface area contributed by atoms with Crippen LogP contribution < -0.4 is 9.47 Å². The SMILES string of the molecule is C=CC(=O)OCCCOC(=O)C1CCC(C(=O)OC2CCC(C(=O)Oc3ccc(OC(=O)C4CCC(C)CC4)c4c3S/C(=C(\C#N)C(=O)OCCOC(=O)C=C)S4)CC2)CC1. The zero-order chi connectivity index (χ0) is 43.9. The second kappa shape index (κ2) is 23.2. The fourth-order valence-electron chi connectivity index (χ4n) is 7.47. The highest BCUT2D eigenvalue weighted by molar-refractivity contribution is 8.24. The van der Waals surface area contributed by atoms with Crippen molar-refractivity contribution in [1.29, 1.82) is 5.26 Å². The van der Waals surface area contributed by atoms with Gasteiger partial charge in [0.25, 0.3) is 0 Å². The normalized spacial score (nSPS) is 24.0. The molecule has 0 unspecified atom stereocenters. The maximum atomic E-state index is 13.6. The van der Waals surface area contributed by atoms with E-state index in [1.165, 1.54) is 6.07 Å². The third kappa shape index (κ3) is 13.5. The van der Waals surface area contributed by atoms with Gasteiger partial charge in [-0.2, -0.15) is 5.26 Å². The van der Waals surface area contributed by atoms with Crippen LogP contribution >= 0.6 is 23.5 Å². The molecule has 0 aromatic heterocycles. The number of carbonyl (C=O) groups is 7. The van der Waals surface area contributed by atoms with E-state index in [0.29, 0.717) is 86.3 Å². The van der Waals surface area contributed by atoms with Crippen molar-refractivity contribution in [2.45, 2.75) is 106 Å². The molecule has 1 aliphatic heterocycles. The topological polar surface area (TPSA) is 208 Å². The number of thioether (sulfide) groups is 2. The second-order valence-corrected chi connectivity index (χ2v) is 17.7. The van der Waals surface area contributed by atoms with Crippen molar-refractivity contribution in [2.75, 3.05) is 26.4 Å². The van der Waals surface area contributed by atoms with Gasteiger partial charge in [0.15, 0.2) is 5.57 Å². The molecule has 1 aromatic rings. The number of carbonyl (C=O) groups excluding carboxylic acids is 7. The van der Waals surface area contributed by atoms with E-state index in [1.54, 1.807) is 6.07 Å². The lowest BCUT2D eigenvalue weighted by atomic mass is 9.82. The molecular formula is C44H51NO14S2. The van der Waals surface area contributed by atoms with Crippen molar-refractivity contribution < 1.29 is 66.7 Å². The molecule has 3 aliphatic carbocycles. The van der Waals surface area contributed by atoms with Crippen LogP contribution in [-0.4, -0.2) is 74.3 Å². The Morgan fingerprint density at radius 1 is 0.623 bits per heavy atom. The van der Waals surface area contributed by atoms with E-state index >= 15 is 0 Å². The van der Waals surface area contributed by atoms with Gasteiger partial charge in [-0.3, -0.25) is 19.2 Å². The Kier molecular flexibility index (Phi) is 17.9. The minimum absolute atomic E-state index is 0.125. The van der Waals surface area contributed by atoms with E-state index in [2.05, 4.69) is 20.1 Å². The van der Waals surface area contributed by atoms with Crippen molar-refractivity contribution in [2.24, 2.45) is 29.6 Å². The number of hydrogen-bond donors (Lipinski definition) is 0. The largest absolute Gasteiger partial charge is 0.465 e. The molecule has 0 amide bonds. The Hall–Kier alpha value is -5.08. The zero-order valence-corrected chi connectivity index (χ0v) is 35.8. The average molecular weight is 882 g/mol. The molecule has 3 fully saturated rings. The van der Waals surface area contributed by atoms with Crippen LogP contribution in [0.25, 0.3) is 0 Å². The number of nitrogens with zero attached hydrogens (tertiary/aromatic N) is 1. The summed E-state index contributed by atoms with van der Waals surface area (Å²) in [5, 5.41) is 9.98. The summed E-state index contributed by atoms with van der Waals surface area (Å²) in [4.78, 5) is 88.7. The van der Waals surface area contributed by atoms with Crippen molar-refractivity contribution in [1.82, 2.24) is 0 Å². The summed E-state index contributed by atoms with van der Waals surface area (Å²) >= 11 is 2.04. The van der Waals surface area contributed by atoms with E-state index in [9.17, 15) is 38.8 Å². The fraction of sp³-hybridized carbons (Fsp3) is 0.545. The van der Waals surface area contributed by atoms with Gasteiger partial charge in [0.1, 0.15) is 36.9 Å². The van der Waals surface area contributed by atoms with Crippen LogP contribution in [0.3, 0.4) is 0 Å². The molecule has 0 saturated heterocycles. The molecule has 328 valence electrons. The summed E-state index contributed by atoms with van der Waals surface area (Å²) in [5.41, 5.74) is -0.321. The predicted molar refractivity (Wildman–Crippen MR) is 219 cm³/mol. The molecule has 0 N–H and O–H groups in total. The first kappa shape index (κ1) is 47.0. The molecular weight excluding hydrogens is 831 g/mol. The number of benzene rings is 1. The van der Waals surface area contributed by atoms with E-state index in [1.807, 2.05) is 6.07 Å². The molecule has 4 aliphatic rings. The van der Waals surface area contributed by atoms with Gasteiger partial charge in [-0.05, 0) is 95.1 Å². The highest BCUT2D eigenvalue weighted by atomic mass is 32.2. The number of hydrogen-bond acceptors (Lipinski definition) is 17. The second-order valence-electron chi connectivity index (χ2n) is 15.4. The molecule has 1 heterocycles. The lowest BCUT2D eigenvalue weighted by molar-refractivity contribution is -0.161. The van der Waals surface area contributed by atoms with Crippen LogP contribution in [0.2, 0.25) is 0 Å². The molecule has 17 heteroatoms. The van der Waals surface area contributed by atoms with Gasteiger partial charge in [-0.15, -0.1) is 0 Å². The molecule has 0 radical (unpaired) electrons. The van der Waals surface area contributed by atoms with Gasteiger partial charge in [-0.1, -0.05) is 43.6 Å². The lowest BCUT2D eigenvalue weighted by Crippen LogP contribution is -2.33. The van der Waals surface area contributed by atoms with Crippen molar-refractivity contribution in [3.05, 3.63) is 47.3 Å². The first-order valence-corrected chi connectivity index (χ1v) is 22.3. The lowest BCUT2D eigenvalue weighted by Gasteiger charge is -2.30. The molecule has 0 spiro atoms. The van der Waals surface area contributed by atoms with Crippen LogP contribution in [0, 0.1) is 40.9 Å². The van der Waals surface area contributed by atoms with Crippen LogP contribution in [-0.2, 0) is 57.2 Å². The Balaban J connectivity index is 1.15. The summed E-state index contributed by atoms with van der Waals surface area (Å²) in [6, 6.07) is 4.95. The van der Waals surface area contributed by atoms with Gasteiger partial charge in [-0.25, -0.2) is 14.4 Å². The molecule has 1 aromatic carbocycles. The number of fused-ring (bicyclic) bond motifs is 1. The molecule has 5 rings (SSSR count). The quantitative estimate of drug-likeness (QED) is 0.0382. The predicted octanol–water partition coefficient (Wildman–Crippen LogP) is 7.10. The summed E-state index contributed by atoms with van der Waals surface area (Å²) in [6.07, 6.45) is 9.04. The number of rotatable bonds is 17.